The summed E-state index contributed by atoms with van der Waals surface area (Å²) in [6, 6.07) is 0. The molecule has 1 fully saturated rings. The first-order chi connectivity index (χ1) is 7.12. The monoisotopic (exact) mass is 214 g/mol. The van der Waals surface area contributed by atoms with Gasteiger partial charge in [-0.15, -0.1) is 0 Å². The van der Waals surface area contributed by atoms with Crippen LogP contribution in [-0.4, -0.2) is 19.0 Å². The van der Waals surface area contributed by atoms with Crippen LogP contribution in [-0.2, 0) is 9.47 Å². The third kappa shape index (κ3) is 2.36. The molecule has 1 saturated heterocycles. The van der Waals surface area contributed by atoms with Crippen molar-refractivity contribution in [3.05, 3.63) is 0 Å². The van der Waals surface area contributed by atoms with Crippen molar-refractivity contribution in [2.75, 3.05) is 7.11 Å². The molecule has 1 rings (SSSR count). The van der Waals surface area contributed by atoms with Gasteiger partial charge in [0.15, 0.2) is 5.79 Å². The van der Waals surface area contributed by atoms with Gasteiger partial charge in [-0.3, -0.25) is 0 Å². The van der Waals surface area contributed by atoms with Crippen molar-refractivity contribution >= 4 is 0 Å². The fraction of sp³-hybridized carbons (Fsp3) is 1.00. The minimum Gasteiger partial charge on any atom is -0.353 e. The first-order valence-corrected chi connectivity index (χ1v) is 6.35. The lowest BCUT2D eigenvalue weighted by atomic mass is 9.81. The van der Waals surface area contributed by atoms with E-state index in [0.717, 1.165) is 12.8 Å². The van der Waals surface area contributed by atoms with Crippen LogP contribution >= 0.6 is 0 Å². The van der Waals surface area contributed by atoms with Gasteiger partial charge in [-0.1, -0.05) is 33.6 Å². The molecule has 0 aromatic carbocycles. The predicted molar refractivity (Wildman–Crippen MR) is 62.8 cm³/mol. The van der Waals surface area contributed by atoms with Crippen molar-refractivity contribution in [3.63, 3.8) is 0 Å². The van der Waals surface area contributed by atoms with Gasteiger partial charge in [0.2, 0.25) is 0 Å². The van der Waals surface area contributed by atoms with E-state index in [1.807, 2.05) is 0 Å². The molecular weight excluding hydrogens is 188 g/mol. The van der Waals surface area contributed by atoms with Crippen molar-refractivity contribution in [2.45, 2.75) is 65.3 Å². The van der Waals surface area contributed by atoms with Crippen LogP contribution in [0, 0.1) is 11.8 Å². The Labute approximate surface area is 94.3 Å². The Morgan fingerprint density at radius 1 is 1.20 bits per heavy atom. The zero-order chi connectivity index (χ0) is 11.5. The highest BCUT2D eigenvalue weighted by Gasteiger charge is 2.50. The van der Waals surface area contributed by atoms with E-state index >= 15 is 0 Å². The van der Waals surface area contributed by atoms with Crippen molar-refractivity contribution in [1.82, 2.24) is 0 Å². The first-order valence-electron chi connectivity index (χ1n) is 6.35. The third-order valence-corrected chi connectivity index (χ3v) is 3.94. The van der Waals surface area contributed by atoms with E-state index in [4.69, 9.17) is 9.47 Å². The minimum atomic E-state index is -0.352. The van der Waals surface area contributed by atoms with E-state index in [2.05, 4.69) is 27.7 Å². The van der Waals surface area contributed by atoms with Gasteiger partial charge in [-0.2, -0.15) is 0 Å². The Kier molecular flexibility index (Phi) is 4.60. The highest BCUT2D eigenvalue weighted by atomic mass is 16.7. The van der Waals surface area contributed by atoms with Crippen molar-refractivity contribution in [2.24, 2.45) is 11.8 Å². The molecule has 0 amide bonds. The molecule has 0 aromatic heterocycles. The molecule has 1 aliphatic heterocycles. The fourth-order valence-electron chi connectivity index (χ4n) is 3.10. The smallest absolute Gasteiger partial charge is 0.168 e. The second kappa shape index (κ2) is 5.31. The van der Waals surface area contributed by atoms with Crippen molar-refractivity contribution in [3.8, 4) is 0 Å². The minimum absolute atomic E-state index is 0.352. The number of rotatable bonds is 5. The third-order valence-electron chi connectivity index (χ3n) is 3.94. The highest BCUT2D eigenvalue weighted by Crippen LogP contribution is 2.45. The van der Waals surface area contributed by atoms with Gasteiger partial charge in [-0.05, 0) is 25.7 Å². The second-order valence-corrected chi connectivity index (χ2v) is 4.75. The lowest BCUT2D eigenvalue weighted by Gasteiger charge is -2.29. The number of ether oxygens (including phenoxy) is 2. The maximum absolute atomic E-state index is 6.12. The highest BCUT2D eigenvalue weighted by molar-refractivity contribution is 4.92. The first kappa shape index (κ1) is 13.0. The summed E-state index contributed by atoms with van der Waals surface area (Å²) in [5.41, 5.74) is 0. The van der Waals surface area contributed by atoms with E-state index in [1.54, 1.807) is 7.11 Å². The molecule has 4 unspecified atom stereocenters. The molecule has 0 saturated carbocycles. The molecule has 2 heteroatoms. The van der Waals surface area contributed by atoms with Crippen LogP contribution in [0.4, 0.5) is 0 Å². The molecule has 0 spiro atoms. The molecule has 1 heterocycles. The fourth-order valence-corrected chi connectivity index (χ4v) is 3.10. The van der Waals surface area contributed by atoms with Crippen molar-refractivity contribution in [1.29, 1.82) is 0 Å². The van der Waals surface area contributed by atoms with Crippen LogP contribution < -0.4 is 0 Å². The Morgan fingerprint density at radius 2 is 1.87 bits per heavy atom. The summed E-state index contributed by atoms with van der Waals surface area (Å²) < 4.78 is 11.7. The molecule has 90 valence electrons. The van der Waals surface area contributed by atoms with E-state index in [-0.39, 0.29) is 5.79 Å². The Balaban J connectivity index is 2.80. The average molecular weight is 214 g/mol. The molecule has 0 N–H and O–H groups in total. The summed E-state index contributed by atoms with van der Waals surface area (Å²) in [7, 11) is 1.77. The lowest BCUT2D eigenvalue weighted by molar-refractivity contribution is -0.218. The summed E-state index contributed by atoms with van der Waals surface area (Å²) in [5.74, 6) is 0.860. The molecule has 15 heavy (non-hydrogen) atoms. The van der Waals surface area contributed by atoms with Gasteiger partial charge in [0, 0.05) is 13.0 Å². The summed E-state index contributed by atoms with van der Waals surface area (Å²) in [4.78, 5) is 0. The zero-order valence-corrected chi connectivity index (χ0v) is 10.9. The standard InChI is InChI=1S/C13H26O2/c1-6-9-12-10(7-2)11(8-3)13(4,14-5)15-12/h10-12H,6-9H2,1-5H3. The molecule has 4 atom stereocenters. The van der Waals surface area contributed by atoms with Crippen molar-refractivity contribution < 1.29 is 9.47 Å². The number of hydrogen-bond acceptors (Lipinski definition) is 2. The van der Waals surface area contributed by atoms with Crippen LogP contribution in [0.5, 0.6) is 0 Å². The Morgan fingerprint density at radius 3 is 2.27 bits per heavy atom. The summed E-state index contributed by atoms with van der Waals surface area (Å²) in [6.45, 7) is 8.82. The predicted octanol–water partition coefficient (Wildman–Crippen LogP) is 3.60. The maximum Gasteiger partial charge on any atom is 0.168 e. The molecule has 2 nitrogen and oxygen atoms in total. The molecule has 0 bridgehead atoms. The molecule has 0 aromatic rings. The molecular formula is C13H26O2. The van der Waals surface area contributed by atoms with Crippen LogP contribution in [0.2, 0.25) is 0 Å². The Hall–Kier alpha value is -0.0800. The number of methoxy groups -OCH3 is 1. The zero-order valence-electron chi connectivity index (χ0n) is 10.9. The van der Waals surface area contributed by atoms with Crippen LogP contribution in [0.3, 0.4) is 0 Å². The lowest BCUT2D eigenvalue weighted by Crippen LogP contribution is -2.35. The maximum atomic E-state index is 6.12. The van der Waals surface area contributed by atoms with Gasteiger partial charge < -0.3 is 9.47 Å². The van der Waals surface area contributed by atoms with Crippen LogP contribution in [0.1, 0.15) is 53.4 Å². The van der Waals surface area contributed by atoms with Gasteiger partial charge in [0.25, 0.3) is 0 Å². The van der Waals surface area contributed by atoms with E-state index in [0.29, 0.717) is 17.9 Å². The van der Waals surface area contributed by atoms with E-state index in [9.17, 15) is 0 Å². The Bertz CT molecular complexity index is 193. The van der Waals surface area contributed by atoms with E-state index < -0.39 is 0 Å². The van der Waals surface area contributed by atoms with Gasteiger partial charge in [-0.25, -0.2) is 0 Å². The quantitative estimate of drug-likeness (QED) is 0.696. The van der Waals surface area contributed by atoms with Gasteiger partial charge >= 0.3 is 0 Å². The molecule has 1 aliphatic rings. The molecule has 0 aliphatic carbocycles. The average Bonchev–Trinajstić information content (AvgIpc) is 2.51. The normalized spacial score (nSPS) is 41.0. The summed E-state index contributed by atoms with van der Waals surface area (Å²) >= 11 is 0. The summed E-state index contributed by atoms with van der Waals surface area (Å²) in [6.07, 6.45) is 5.09. The van der Waals surface area contributed by atoms with Crippen LogP contribution in [0.15, 0.2) is 0 Å². The number of hydrogen-bond donors (Lipinski definition) is 0. The topological polar surface area (TPSA) is 18.5 Å². The van der Waals surface area contributed by atoms with Gasteiger partial charge in [0.05, 0.1) is 6.10 Å². The van der Waals surface area contributed by atoms with Crippen LogP contribution in [0.25, 0.3) is 0 Å². The van der Waals surface area contributed by atoms with E-state index in [1.165, 1.54) is 12.8 Å². The molecule has 0 radical (unpaired) electrons. The summed E-state index contributed by atoms with van der Waals surface area (Å²) in [5, 5.41) is 0. The largest absolute Gasteiger partial charge is 0.353 e. The van der Waals surface area contributed by atoms with Gasteiger partial charge in [0.1, 0.15) is 0 Å². The SMILES string of the molecule is CCCC1OC(C)(OC)C(CC)C1CC. The second-order valence-electron chi connectivity index (χ2n) is 4.75.